The Hall–Kier alpha value is -2.01. The van der Waals surface area contributed by atoms with Gasteiger partial charge in [-0.3, -0.25) is 9.67 Å². The molecule has 1 aromatic carbocycles. The Labute approximate surface area is 184 Å². The zero-order chi connectivity index (χ0) is 19.8. The van der Waals surface area contributed by atoms with Crippen molar-refractivity contribution in [2.75, 3.05) is 41.9 Å². The van der Waals surface area contributed by atoms with E-state index >= 15 is 0 Å². The topological polar surface area (TPSA) is 75.9 Å². The molecule has 156 valence electrons. The largest absolute Gasteiger partial charge is 0.493 e. The maximum Gasteiger partial charge on any atom is 0.191 e. The van der Waals surface area contributed by atoms with E-state index in [0.717, 1.165) is 28.7 Å². The smallest absolute Gasteiger partial charge is 0.191 e. The van der Waals surface area contributed by atoms with Crippen molar-refractivity contribution < 1.29 is 9.47 Å². The Morgan fingerprint density at radius 1 is 1.18 bits per heavy atom. The van der Waals surface area contributed by atoms with E-state index in [1.165, 1.54) is 0 Å². The van der Waals surface area contributed by atoms with Crippen molar-refractivity contribution >= 4 is 29.9 Å². The van der Waals surface area contributed by atoms with E-state index in [1.54, 1.807) is 27.5 Å². The van der Waals surface area contributed by atoms with Gasteiger partial charge >= 0.3 is 0 Å². The van der Waals surface area contributed by atoms with E-state index < -0.39 is 0 Å². The molecular formula is C19H31IN6O2. The number of hydrogen-bond acceptors (Lipinski definition) is 5. The fourth-order valence-corrected chi connectivity index (χ4v) is 2.82. The summed E-state index contributed by atoms with van der Waals surface area (Å²) in [5.74, 6) is 2.18. The number of guanidine groups is 1. The lowest BCUT2D eigenvalue weighted by atomic mass is 10.1. The van der Waals surface area contributed by atoms with Crippen molar-refractivity contribution in [1.82, 2.24) is 25.3 Å². The van der Waals surface area contributed by atoms with Crippen molar-refractivity contribution in [2.24, 2.45) is 12.0 Å². The number of likely N-dealkylation sites (N-methyl/N-ethyl adjacent to an activating group) is 1. The standard InChI is InChI=1S/C19H30N6O2.HI/c1-20-19(21-12-15-9-10-23-25(15)4)22-13-16(24(2)3)14-7-8-17(26-5)18(11-14)27-6;/h7-11,16H,12-13H2,1-6H3,(H2,20,21,22);1H. The molecule has 8 nitrogen and oxygen atoms in total. The lowest BCUT2D eigenvalue weighted by molar-refractivity contribution is 0.295. The highest BCUT2D eigenvalue weighted by molar-refractivity contribution is 14.0. The highest BCUT2D eigenvalue weighted by atomic mass is 127. The van der Waals surface area contributed by atoms with Crippen LogP contribution in [0, 0.1) is 0 Å². The van der Waals surface area contributed by atoms with E-state index in [2.05, 4.69) is 45.8 Å². The van der Waals surface area contributed by atoms with Crippen molar-refractivity contribution in [1.29, 1.82) is 0 Å². The summed E-state index contributed by atoms with van der Waals surface area (Å²) in [5.41, 5.74) is 2.22. The number of rotatable bonds is 8. The maximum atomic E-state index is 5.44. The Bertz CT molecular complexity index is 763. The summed E-state index contributed by atoms with van der Waals surface area (Å²) in [6, 6.07) is 8.11. The summed E-state index contributed by atoms with van der Waals surface area (Å²) in [6.45, 7) is 1.34. The fourth-order valence-electron chi connectivity index (χ4n) is 2.82. The van der Waals surface area contributed by atoms with Gasteiger partial charge in [-0.05, 0) is 37.9 Å². The molecule has 2 N–H and O–H groups in total. The lowest BCUT2D eigenvalue weighted by Gasteiger charge is -2.26. The molecule has 0 fully saturated rings. The molecule has 0 amide bonds. The Balaban J connectivity index is 0.00000392. The van der Waals surface area contributed by atoms with Gasteiger partial charge in [0, 0.05) is 26.8 Å². The number of aromatic nitrogens is 2. The van der Waals surface area contributed by atoms with Crippen LogP contribution in [0.3, 0.4) is 0 Å². The number of halogens is 1. The number of methoxy groups -OCH3 is 2. The second kappa shape index (κ2) is 11.7. The summed E-state index contributed by atoms with van der Waals surface area (Å²) in [7, 11) is 11.1. The molecule has 0 radical (unpaired) electrons. The molecule has 0 bridgehead atoms. The molecule has 0 aliphatic rings. The van der Waals surface area contributed by atoms with Crippen LogP contribution in [0.5, 0.6) is 11.5 Å². The SMILES string of the molecule is CN=C(NCc1ccnn1C)NCC(c1ccc(OC)c(OC)c1)N(C)C.I. The van der Waals surface area contributed by atoms with Crippen LogP contribution in [0.4, 0.5) is 0 Å². The number of benzene rings is 1. The molecule has 1 atom stereocenters. The summed E-state index contributed by atoms with van der Waals surface area (Å²) in [6.07, 6.45) is 1.78. The van der Waals surface area contributed by atoms with Gasteiger partial charge in [-0.15, -0.1) is 24.0 Å². The fraction of sp³-hybridized carbons (Fsp3) is 0.474. The highest BCUT2D eigenvalue weighted by Gasteiger charge is 2.17. The van der Waals surface area contributed by atoms with Gasteiger partial charge in [0.05, 0.1) is 32.5 Å². The van der Waals surface area contributed by atoms with E-state index in [0.29, 0.717) is 13.1 Å². The zero-order valence-electron chi connectivity index (χ0n) is 17.4. The number of aliphatic imine (C=N–C) groups is 1. The zero-order valence-corrected chi connectivity index (χ0v) is 19.7. The number of nitrogens with one attached hydrogen (secondary N) is 2. The number of hydrogen-bond donors (Lipinski definition) is 2. The first-order valence-corrected chi connectivity index (χ1v) is 8.79. The molecule has 0 saturated carbocycles. The third kappa shape index (κ3) is 6.26. The predicted octanol–water partition coefficient (Wildman–Crippen LogP) is 2.02. The molecule has 1 aromatic heterocycles. The third-order valence-electron chi connectivity index (χ3n) is 4.46. The van der Waals surface area contributed by atoms with Crippen LogP contribution < -0.4 is 20.1 Å². The van der Waals surface area contributed by atoms with Gasteiger partial charge in [0.25, 0.3) is 0 Å². The van der Waals surface area contributed by atoms with Crippen LogP contribution in [0.1, 0.15) is 17.3 Å². The second-order valence-electron chi connectivity index (χ2n) is 6.35. The minimum Gasteiger partial charge on any atom is -0.493 e. The lowest BCUT2D eigenvalue weighted by Crippen LogP contribution is -2.41. The molecule has 1 unspecified atom stereocenters. The van der Waals surface area contributed by atoms with Gasteiger partial charge in [0.1, 0.15) is 0 Å². The molecule has 0 aliphatic heterocycles. The normalized spacial score (nSPS) is 12.3. The molecule has 2 rings (SSSR count). The molecular weight excluding hydrogens is 471 g/mol. The van der Waals surface area contributed by atoms with Crippen molar-refractivity contribution in [2.45, 2.75) is 12.6 Å². The first kappa shape index (κ1) is 24.0. The quantitative estimate of drug-likeness (QED) is 0.327. The summed E-state index contributed by atoms with van der Waals surface area (Å²) in [5, 5.41) is 10.9. The van der Waals surface area contributed by atoms with Crippen LogP contribution in [-0.2, 0) is 13.6 Å². The first-order valence-electron chi connectivity index (χ1n) is 8.79. The molecule has 28 heavy (non-hydrogen) atoms. The van der Waals surface area contributed by atoms with Crippen LogP contribution >= 0.6 is 24.0 Å². The summed E-state index contributed by atoms with van der Waals surface area (Å²) in [4.78, 5) is 6.46. The van der Waals surface area contributed by atoms with E-state index in [9.17, 15) is 0 Å². The summed E-state index contributed by atoms with van der Waals surface area (Å²) >= 11 is 0. The van der Waals surface area contributed by atoms with Crippen LogP contribution in [0.25, 0.3) is 0 Å². The van der Waals surface area contributed by atoms with E-state index in [1.807, 2.05) is 29.9 Å². The van der Waals surface area contributed by atoms with Crippen LogP contribution in [0.15, 0.2) is 35.5 Å². The number of aryl methyl sites for hydroxylation is 1. The average molecular weight is 502 g/mol. The average Bonchev–Trinajstić information content (AvgIpc) is 3.08. The highest BCUT2D eigenvalue weighted by Crippen LogP contribution is 2.31. The Morgan fingerprint density at radius 2 is 1.89 bits per heavy atom. The van der Waals surface area contributed by atoms with Gasteiger partial charge in [0.15, 0.2) is 17.5 Å². The summed E-state index contributed by atoms with van der Waals surface area (Å²) < 4.78 is 12.6. The minimum atomic E-state index is 0. The van der Waals surface area contributed by atoms with Crippen LogP contribution in [0.2, 0.25) is 0 Å². The maximum absolute atomic E-state index is 5.44. The molecule has 9 heteroatoms. The Morgan fingerprint density at radius 3 is 2.43 bits per heavy atom. The van der Waals surface area contributed by atoms with E-state index in [-0.39, 0.29) is 30.0 Å². The van der Waals surface area contributed by atoms with Gasteiger partial charge in [-0.2, -0.15) is 5.10 Å². The predicted molar refractivity (Wildman–Crippen MR) is 123 cm³/mol. The number of ether oxygens (including phenoxy) is 2. The first-order chi connectivity index (χ1) is 13.0. The third-order valence-corrected chi connectivity index (χ3v) is 4.46. The second-order valence-corrected chi connectivity index (χ2v) is 6.35. The van der Waals surface area contributed by atoms with Gasteiger partial charge < -0.3 is 25.0 Å². The van der Waals surface area contributed by atoms with Gasteiger partial charge in [0.2, 0.25) is 0 Å². The molecule has 0 saturated heterocycles. The van der Waals surface area contributed by atoms with Crippen LogP contribution in [-0.4, -0.2) is 62.5 Å². The van der Waals surface area contributed by atoms with Crippen molar-refractivity contribution in [3.8, 4) is 11.5 Å². The Kier molecular flexibility index (Phi) is 10.1. The van der Waals surface area contributed by atoms with Gasteiger partial charge in [-0.25, -0.2) is 0 Å². The molecule has 0 aliphatic carbocycles. The minimum absolute atomic E-state index is 0. The van der Waals surface area contributed by atoms with Gasteiger partial charge in [-0.1, -0.05) is 6.07 Å². The van der Waals surface area contributed by atoms with Crippen molar-refractivity contribution in [3.05, 3.63) is 41.7 Å². The monoisotopic (exact) mass is 502 g/mol. The van der Waals surface area contributed by atoms with E-state index in [4.69, 9.17) is 9.47 Å². The van der Waals surface area contributed by atoms with Crippen molar-refractivity contribution in [3.63, 3.8) is 0 Å². The molecule has 2 aromatic rings. The number of nitrogens with zero attached hydrogens (tertiary/aromatic N) is 4. The molecule has 0 spiro atoms. The molecule has 1 heterocycles.